The van der Waals surface area contributed by atoms with Crippen LogP contribution in [-0.2, 0) is 10.0 Å². The van der Waals surface area contributed by atoms with E-state index in [-0.39, 0.29) is 11.0 Å². The second-order valence-electron chi connectivity index (χ2n) is 4.96. The van der Waals surface area contributed by atoms with E-state index in [0.29, 0.717) is 18.7 Å². The van der Waals surface area contributed by atoms with Gasteiger partial charge >= 0.3 is 0 Å². The number of nitrogens with zero attached hydrogens (tertiary/aromatic N) is 1. The molecular formula is C13H17BrF2N2O2S. The van der Waals surface area contributed by atoms with Gasteiger partial charge in [0.1, 0.15) is 16.5 Å². The van der Waals surface area contributed by atoms with E-state index in [2.05, 4.69) is 25.6 Å². The van der Waals surface area contributed by atoms with Crippen LogP contribution < -0.4 is 4.72 Å². The zero-order chi connectivity index (χ0) is 15.6. The number of hydrogen-bond acceptors (Lipinski definition) is 3. The fourth-order valence-corrected chi connectivity index (χ4v) is 4.40. The first-order valence-electron chi connectivity index (χ1n) is 6.73. The van der Waals surface area contributed by atoms with Gasteiger partial charge in [-0.1, -0.05) is 6.92 Å². The minimum absolute atomic E-state index is 0.123. The number of sulfonamides is 1. The first-order valence-corrected chi connectivity index (χ1v) is 9.01. The lowest BCUT2D eigenvalue weighted by Gasteiger charge is -2.20. The molecule has 21 heavy (non-hydrogen) atoms. The summed E-state index contributed by atoms with van der Waals surface area (Å²) in [6, 6.07) is 2.02. The van der Waals surface area contributed by atoms with Crippen LogP contribution in [0.25, 0.3) is 0 Å². The molecule has 4 nitrogen and oxygen atoms in total. The molecule has 0 heterocycles. The van der Waals surface area contributed by atoms with Crippen LogP contribution in [0.15, 0.2) is 21.5 Å². The molecule has 0 saturated heterocycles. The third-order valence-electron chi connectivity index (χ3n) is 3.39. The van der Waals surface area contributed by atoms with Gasteiger partial charge in [-0.15, -0.1) is 0 Å². The van der Waals surface area contributed by atoms with Gasteiger partial charge < -0.3 is 0 Å². The van der Waals surface area contributed by atoms with Gasteiger partial charge in [0.15, 0.2) is 0 Å². The molecule has 2 rings (SSSR count). The van der Waals surface area contributed by atoms with Crippen molar-refractivity contribution in [3.05, 3.63) is 28.2 Å². The van der Waals surface area contributed by atoms with Gasteiger partial charge in [-0.05, 0) is 41.4 Å². The minimum atomic E-state index is -4.01. The zero-order valence-corrected chi connectivity index (χ0v) is 14.0. The second kappa shape index (κ2) is 6.68. The van der Waals surface area contributed by atoms with E-state index < -0.39 is 26.6 Å². The van der Waals surface area contributed by atoms with Crippen LogP contribution in [0.1, 0.15) is 19.8 Å². The molecule has 0 amide bonds. The third-order valence-corrected chi connectivity index (χ3v) is 5.82. The minimum Gasteiger partial charge on any atom is -0.299 e. The van der Waals surface area contributed by atoms with Crippen molar-refractivity contribution in [2.45, 2.75) is 30.7 Å². The molecule has 1 aromatic carbocycles. The van der Waals surface area contributed by atoms with Gasteiger partial charge in [-0.3, -0.25) is 4.90 Å². The third kappa shape index (κ3) is 4.21. The van der Waals surface area contributed by atoms with E-state index in [1.54, 1.807) is 0 Å². The Morgan fingerprint density at radius 3 is 2.57 bits per heavy atom. The molecule has 1 aliphatic rings. The van der Waals surface area contributed by atoms with E-state index in [0.717, 1.165) is 25.5 Å². The molecule has 118 valence electrons. The van der Waals surface area contributed by atoms with Gasteiger partial charge in [0.2, 0.25) is 10.0 Å². The van der Waals surface area contributed by atoms with E-state index in [1.165, 1.54) is 0 Å². The van der Waals surface area contributed by atoms with Crippen molar-refractivity contribution in [3.8, 4) is 0 Å². The Labute approximate surface area is 131 Å². The molecule has 1 saturated carbocycles. The van der Waals surface area contributed by atoms with Crippen LogP contribution in [0.2, 0.25) is 0 Å². The summed E-state index contributed by atoms with van der Waals surface area (Å²) in [7, 11) is -4.01. The number of hydrogen-bond donors (Lipinski definition) is 1. The number of nitrogens with one attached hydrogen (secondary N) is 1. The lowest BCUT2D eigenvalue weighted by Crippen LogP contribution is -2.36. The fourth-order valence-electron chi connectivity index (χ4n) is 2.22. The monoisotopic (exact) mass is 382 g/mol. The highest BCUT2D eigenvalue weighted by atomic mass is 79.9. The summed E-state index contributed by atoms with van der Waals surface area (Å²) in [5, 5.41) is 0. The van der Waals surface area contributed by atoms with Crippen molar-refractivity contribution in [1.29, 1.82) is 0 Å². The van der Waals surface area contributed by atoms with Crippen LogP contribution in [-0.4, -0.2) is 39.0 Å². The molecule has 1 fully saturated rings. The Morgan fingerprint density at radius 1 is 1.38 bits per heavy atom. The first-order chi connectivity index (χ1) is 9.85. The van der Waals surface area contributed by atoms with Gasteiger partial charge in [-0.25, -0.2) is 21.9 Å². The highest BCUT2D eigenvalue weighted by molar-refractivity contribution is 9.10. The Balaban J connectivity index is 2.05. The van der Waals surface area contributed by atoms with Crippen molar-refractivity contribution in [2.24, 2.45) is 0 Å². The average Bonchev–Trinajstić information content (AvgIpc) is 3.17. The highest BCUT2D eigenvalue weighted by Crippen LogP contribution is 2.27. The van der Waals surface area contributed by atoms with Gasteiger partial charge in [0, 0.05) is 29.7 Å². The van der Waals surface area contributed by atoms with Crippen LogP contribution in [0.3, 0.4) is 0 Å². The molecule has 0 bridgehead atoms. The molecule has 0 spiro atoms. The van der Waals surface area contributed by atoms with E-state index in [9.17, 15) is 17.2 Å². The molecule has 0 atom stereocenters. The van der Waals surface area contributed by atoms with E-state index >= 15 is 0 Å². The maximum absolute atomic E-state index is 13.7. The molecule has 0 aromatic heterocycles. The van der Waals surface area contributed by atoms with Crippen LogP contribution in [0.5, 0.6) is 0 Å². The van der Waals surface area contributed by atoms with Crippen LogP contribution in [0, 0.1) is 11.6 Å². The Bertz CT molecular complexity index is 598. The Hall–Kier alpha value is -0.570. The second-order valence-corrected chi connectivity index (χ2v) is 7.51. The fraction of sp³-hybridized carbons (Fsp3) is 0.538. The van der Waals surface area contributed by atoms with Gasteiger partial charge in [-0.2, -0.15) is 0 Å². The molecule has 1 aliphatic carbocycles. The maximum atomic E-state index is 13.7. The van der Waals surface area contributed by atoms with Crippen molar-refractivity contribution >= 4 is 26.0 Å². The number of halogens is 3. The number of likely N-dealkylation sites (N-methyl/N-ethyl adjacent to an activating group) is 1. The molecule has 0 unspecified atom stereocenters. The van der Waals surface area contributed by atoms with Crippen molar-refractivity contribution < 1.29 is 17.2 Å². The Morgan fingerprint density at radius 2 is 2.05 bits per heavy atom. The van der Waals surface area contributed by atoms with Crippen LogP contribution in [0.4, 0.5) is 8.78 Å². The van der Waals surface area contributed by atoms with Crippen molar-refractivity contribution in [1.82, 2.24) is 9.62 Å². The first kappa shape index (κ1) is 16.8. The molecule has 1 N–H and O–H groups in total. The van der Waals surface area contributed by atoms with Crippen molar-refractivity contribution in [2.75, 3.05) is 19.6 Å². The molecule has 0 radical (unpaired) electrons. The molecular weight excluding hydrogens is 366 g/mol. The Kier molecular flexibility index (Phi) is 5.34. The van der Waals surface area contributed by atoms with Gasteiger partial charge in [0.05, 0.1) is 0 Å². The standard InChI is InChI=1S/C13H17BrF2N2O2S/c1-2-18(10-3-4-10)6-5-17-21(19,20)13-11(14)7-9(15)8-12(13)16/h7-8,10,17H,2-6H2,1H3. The normalized spacial score (nSPS) is 15.7. The summed E-state index contributed by atoms with van der Waals surface area (Å²) in [6.07, 6.45) is 2.28. The quantitative estimate of drug-likeness (QED) is 0.787. The van der Waals surface area contributed by atoms with Crippen molar-refractivity contribution in [3.63, 3.8) is 0 Å². The maximum Gasteiger partial charge on any atom is 0.244 e. The molecule has 8 heteroatoms. The number of benzene rings is 1. The summed E-state index contributed by atoms with van der Waals surface area (Å²) in [5.74, 6) is -1.94. The molecule has 1 aromatic rings. The predicted molar refractivity (Wildman–Crippen MR) is 79.5 cm³/mol. The van der Waals surface area contributed by atoms with Crippen LogP contribution >= 0.6 is 15.9 Å². The largest absolute Gasteiger partial charge is 0.299 e. The topological polar surface area (TPSA) is 49.4 Å². The SMILES string of the molecule is CCN(CCNS(=O)(=O)c1c(F)cc(F)cc1Br)C1CC1. The average molecular weight is 383 g/mol. The van der Waals surface area contributed by atoms with Gasteiger partial charge in [0.25, 0.3) is 0 Å². The predicted octanol–water partition coefficient (Wildman–Crippen LogP) is 2.49. The summed E-state index contributed by atoms with van der Waals surface area (Å²) >= 11 is 2.89. The zero-order valence-electron chi connectivity index (χ0n) is 11.6. The van der Waals surface area contributed by atoms with E-state index in [1.807, 2.05) is 6.92 Å². The number of rotatable bonds is 7. The summed E-state index contributed by atoms with van der Waals surface area (Å²) in [6.45, 7) is 3.63. The highest BCUT2D eigenvalue weighted by Gasteiger charge is 2.28. The lowest BCUT2D eigenvalue weighted by atomic mass is 10.3. The smallest absolute Gasteiger partial charge is 0.244 e. The summed E-state index contributed by atoms with van der Waals surface area (Å²) in [4.78, 5) is 1.62. The summed E-state index contributed by atoms with van der Waals surface area (Å²) < 4.78 is 53.2. The lowest BCUT2D eigenvalue weighted by molar-refractivity contribution is 0.282. The summed E-state index contributed by atoms with van der Waals surface area (Å²) in [5.41, 5.74) is 0. The molecule has 0 aliphatic heterocycles. The van der Waals surface area contributed by atoms with E-state index in [4.69, 9.17) is 0 Å².